The Kier molecular flexibility index (Phi) is 5.28. The number of hydrogen-bond donors (Lipinski definition) is 2. The van der Waals surface area contributed by atoms with Crippen LogP contribution in [0.15, 0.2) is 32.3 Å². The summed E-state index contributed by atoms with van der Waals surface area (Å²) in [6.07, 6.45) is 0. The average Bonchev–Trinajstić information content (AvgIpc) is 2.94. The molecule has 1 aromatic heterocycles. The Hall–Kier alpha value is -1.68. The number of morpholine rings is 1. The molecule has 1 unspecified atom stereocenters. The molecule has 138 valence electrons. The number of aromatic amines is 1. The van der Waals surface area contributed by atoms with Crippen LogP contribution in [0.1, 0.15) is 13.8 Å². The van der Waals surface area contributed by atoms with E-state index in [0.29, 0.717) is 31.2 Å². The first-order chi connectivity index (χ1) is 11.9. The number of sulfonamides is 1. The summed E-state index contributed by atoms with van der Waals surface area (Å²) >= 11 is 0. The molecule has 1 aromatic carbocycles. The highest BCUT2D eigenvalue weighted by atomic mass is 32.2. The zero-order valence-corrected chi connectivity index (χ0v) is 15.1. The Balaban J connectivity index is 1.75. The maximum absolute atomic E-state index is 12.6. The molecule has 1 aliphatic heterocycles. The molecule has 2 N–H and O–H groups in total. The van der Waals surface area contributed by atoms with Gasteiger partial charge in [0.25, 0.3) is 0 Å². The van der Waals surface area contributed by atoms with Crippen LogP contribution in [0, 0.1) is 5.92 Å². The summed E-state index contributed by atoms with van der Waals surface area (Å²) < 4.78 is 38.2. The lowest BCUT2D eigenvalue weighted by Crippen LogP contribution is -2.51. The van der Waals surface area contributed by atoms with E-state index in [-0.39, 0.29) is 16.5 Å². The molecular formula is C16H23N3O5S. The summed E-state index contributed by atoms with van der Waals surface area (Å²) in [7, 11) is -3.69. The third-order valence-corrected chi connectivity index (χ3v) is 5.89. The molecule has 0 bridgehead atoms. The Morgan fingerprint density at radius 2 is 2.00 bits per heavy atom. The lowest BCUT2D eigenvalue weighted by atomic mass is 10.0. The molecule has 0 aliphatic carbocycles. The molecule has 3 rings (SSSR count). The van der Waals surface area contributed by atoms with E-state index in [4.69, 9.17) is 9.15 Å². The van der Waals surface area contributed by atoms with Crippen molar-refractivity contribution in [2.24, 2.45) is 5.92 Å². The van der Waals surface area contributed by atoms with E-state index in [1.807, 2.05) is 0 Å². The fourth-order valence-electron chi connectivity index (χ4n) is 3.07. The number of nitrogens with zero attached hydrogens (tertiary/aromatic N) is 1. The largest absolute Gasteiger partial charge is 0.417 e. The fraction of sp³-hybridized carbons (Fsp3) is 0.562. The van der Waals surface area contributed by atoms with Crippen LogP contribution < -0.4 is 10.5 Å². The van der Waals surface area contributed by atoms with E-state index in [2.05, 4.69) is 28.5 Å². The van der Waals surface area contributed by atoms with Gasteiger partial charge < -0.3 is 9.15 Å². The molecule has 0 saturated carbocycles. The summed E-state index contributed by atoms with van der Waals surface area (Å²) in [6.45, 7) is 7.40. The number of nitrogens with one attached hydrogen (secondary N) is 2. The lowest BCUT2D eigenvalue weighted by molar-refractivity contribution is 0.00776. The van der Waals surface area contributed by atoms with Crippen LogP contribution in [-0.2, 0) is 14.8 Å². The zero-order valence-electron chi connectivity index (χ0n) is 14.3. The summed E-state index contributed by atoms with van der Waals surface area (Å²) in [5, 5.41) is 0. The van der Waals surface area contributed by atoms with Crippen LogP contribution >= 0.6 is 0 Å². The maximum Gasteiger partial charge on any atom is 0.417 e. The molecule has 2 aromatic rings. The van der Waals surface area contributed by atoms with Crippen molar-refractivity contribution in [3.05, 3.63) is 28.7 Å². The van der Waals surface area contributed by atoms with Crippen molar-refractivity contribution in [2.45, 2.75) is 24.8 Å². The van der Waals surface area contributed by atoms with Crippen LogP contribution in [-0.4, -0.2) is 57.2 Å². The highest BCUT2D eigenvalue weighted by Gasteiger charge is 2.26. The quantitative estimate of drug-likeness (QED) is 0.779. The molecule has 1 saturated heterocycles. The smallest absolute Gasteiger partial charge is 0.408 e. The lowest BCUT2D eigenvalue weighted by Gasteiger charge is -2.36. The molecular weight excluding hydrogens is 346 g/mol. The molecule has 0 radical (unpaired) electrons. The number of ether oxygens (including phenoxy) is 1. The number of benzene rings is 1. The second-order valence-electron chi connectivity index (χ2n) is 6.48. The van der Waals surface area contributed by atoms with Crippen molar-refractivity contribution in [3.8, 4) is 0 Å². The first-order valence-electron chi connectivity index (χ1n) is 8.31. The number of fused-ring (bicyclic) bond motifs is 1. The van der Waals surface area contributed by atoms with Crippen molar-refractivity contribution in [3.63, 3.8) is 0 Å². The Morgan fingerprint density at radius 1 is 1.28 bits per heavy atom. The molecule has 1 atom stereocenters. The van der Waals surface area contributed by atoms with E-state index >= 15 is 0 Å². The topological polar surface area (TPSA) is 105 Å². The molecule has 8 nitrogen and oxygen atoms in total. The normalized spacial score (nSPS) is 18.0. The summed E-state index contributed by atoms with van der Waals surface area (Å²) in [6, 6.07) is 4.42. The van der Waals surface area contributed by atoms with Gasteiger partial charge in [-0.3, -0.25) is 9.88 Å². The summed E-state index contributed by atoms with van der Waals surface area (Å²) in [5.74, 6) is -0.310. The number of hydrogen-bond acceptors (Lipinski definition) is 6. The van der Waals surface area contributed by atoms with Crippen LogP contribution in [0.4, 0.5) is 0 Å². The molecule has 2 heterocycles. The van der Waals surface area contributed by atoms with Gasteiger partial charge in [0.1, 0.15) is 0 Å². The van der Waals surface area contributed by atoms with Crippen molar-refractivity contribution < 1.29 is 17.6 Å². The third-order valence-electron chi connectivity index (χ3n) is 4.47. The second-order valence-corrected chi connectivity index (χ2v) is 8.25. The zero-order chi connectivity index (χ0) is 18.0. The average molecular weight is 369 g/mol. The molecule has 1 aliphatic rings. The van der Waals surface area contributed by atoms with Crippen LogP contribution in [0.25, 0.3) is 11.1 Å². The van der Waals surface area contributed by atoms with Gasteiger partial charge in [-0.1, -0.05) is 13.8 Å². The molecule has 1 fully saturated rings. The first-order valence-corrected chi connectivity index (χ1v) is 9.79. The van der Waals surface area contributed by atoms with Gasteiger partial charge in [0.15, 0.2) is 5.58 Å². The van der Waals surface area contributed by atoms with Crippen LogP contribution in [0.3, 0.4) is 0 Å². The monoisotopic (exact) mass is 369 g/mol. The first kappa shape index (κ1) is 18.1. The second kappa shape index (κ2) is 7.28. The minimum Gasteiger partial charge on any atom is -0.408 e. The van der Waals surface area contributed by atoms with Gasteiger partial charge in [0, 0.05) is 31.7 Å². The van der Waals surface area contributed by atoms with Gasteiger partial charge in [0.2, 0.25) is 10.0 Å². The molecule has 0 amide bonds. The maximum atomic E-state index is 12.6. The SMILES string of the molecule is CC(C)C(CNS(=O)(=O)c1ccc2[nH]c(=O)oc2c1)N1CCOCC1. The van der Waals surface area contributed by atoms with E-state index in [1.54, 1.807) is 0 Å². The predicted molar refractivity (Wildman–Crippen MR) is 93.0 cm³/mol. The third kappa shape index (κ3) is 4.12. The minimum atomic E-state index is -3.69. The van der Waals surface area contributed by atoms with E-state index in [1.165, 1.54) is 18.2 Å². The molecule has 9 heteroatoms. The van der Waals surface area contributed by atoms with Crippen LogP contribution in [0.5, 0.6) is 0 Å². The van der Waals surface area contributed by atoms with E-state index in [0.717, 1.165) is 13.1 Å². The number of oxazole rings is 1. The fourth-order valence-corrected chi connectivity index (χ4v) is 4.13. The van der Waals surface area contributed by atoms with Gasteiger partial charge in [-0.15, -0.1) is 0 Å². The van der Waals surface area contributed by atoms with Gasteiger partial charge in [-0.25, -0.2) is 17.9 Å². The van der Waals surface area contributed by atoms with Crippen molar-refractivity contribution in [2.75, 3.05) is 32.8 Å². The van der Waals surface area contributed by atoms with Gasteiger partial charge >= 0.3 is 5.76 Å². The number of H-pyrrole nitrogens is 1. The number of aromatic nitrogens is 1. The molecule has 25 heavy (non-hydrogen) atoms. The molecule has 0 spiro atoms. The minimum absolute atomic E-state index is 0.0761. The van der Waals surface area contributed by atoms with Crippen LogP contribution in [0.2, 0.25) is 0 Å². The van der Waals surface area contributed by atoms with Crippen molar-refractivity contribution in [1.29, 1.82) is 0 Å². The van der Waals surface area contributed by atoms with Crippen molar-refractivity contribution in [1.82, 2.24) is 14.6 Å². The predicted octanol–water partition coefficient (Wildman–Crippen LogP) is 0.756. The summed E-state index contributed by atoms with van der Waals surface area (Å²) in [5.41, 5.74) is 0.693. The van der Waals surface area contributed by atoms with E-state index in [9.17, 15) is 13.2 Å². The standard InChI is InChI=1S/C16H23N3O5S/c1-11(2)14(19-5-7-23-8-6-19)10-17-25(21,22)12-3-4-13-15(9-12)24-16(20)18-13/h3-4,9,11,14,17H,5-8,10H2,1-2H3,(H,18,20). The van der Waals surface area contributed by atoms with Gasteiger partial charge in [-0.05, 0) is 18.1 Å². The Morgan fingerprint density at radius 3 is 2.68 bits per heavy atom. The Bertz CT molecular complexity index is 881. The Labute approximate surface area is 146 Å². The van der Waals surface area contributed by atoms with E-state index < -0.39 is 15.8 Å². The van der Waals surface area contributed by atoms with Gasteiger partial charge in [-0.2, -0.15) is 0 Å². The highest BCUT2D eigenvalue weighted by Crippen LogP contribution is 2.18. The highest BCUT2D eigenvalue weighted by molar-refractivity contribution is 7.89. The summed E-state index contributed by atoms with van der Waals surface area (Å²) in [4.78, 5) is 16.0. The van der Waals surface area contributed by atoms with Crippen molar-refractivity contribution >= 4 is 21.1 Å². The number of rotatable bonds is 6. The van der Waals surface area contributed by atoms with Gasteiger partial charge in [0.05, 0.1) is 23.6 Å².